The van der Waals surface area contributed by atoms with Crippen molar-refractivity contribution < 1.29 is 18.4 Å². The molecule has 5 nitrogen and oxygen atoms in total. The number of hydrogen-bond acceptors (Lipinski definition) is 5. The number of rotatable bonds is 6. The summed E-state index contributed by atoms with van der Waals surface area (Å²) >= 11 is 0. The number of aldehydes is 1. The zero-order valence-corrected chi connectivity index (χ0v) is 20.9. The lowest BCUT2D eigenvalue weighted by atomic mass is 10.1. The number of hydrogen-bond donors (Lipinski definition) is 0. The van der Waals surface area contributed by atoms with Gasteiger partial charge in [0.2, 0.25) is 0 Å². The van der Waals surface area contributed by atoms with Crippen LogP contribution in [0.5, 0.6) is 5.75 Å². The predicted octanol–water partition coefficient (Wildman–Crippen LogP) is 8.01. The van der Waals surface area contributed by atoms with Crippen molar-refractivity contribution in [2.24, 2.45) is 5.92 Å². The molecule has 0 radical (unpaired) electrons. The van der Waals surface area contributed by atoms with E-state index in [2.05, 4.69) is 20.8 Å². The van der Waals surface area contributed by atoms with Crippen LogP contribution in [0.25, 0.3) is 33.6 Å². The molecule has 0 aliphatic rings. The Kier molecular flexibility index (Phi) is 10.3. The smallest absolute Gasteiger partial charge is 0.336 e. The maximum atomic E-state index is 11.9. The summed E-state index contributed by atoms with van der Waals surface area (Å²) in [6.07, 6.45) is 3.45. The molecule has 2 heterocycles. The summed E-state index contributed by atoms with van der Waals surface area (Å²) in [4.78, 5) is 22.9. The van der Waals surface area contributed by atoms with Gasteiger partial charge in [-0.2, -0.15) is 0 Å². The number of ether oxygens (including phenoxy) is 1. The van der Waals surface area contributed by atoms with Crippen LogP contribution < -0.4 is 10.4 Å². The highest BCUT2D eigenvalue weighted by Crippen LogP contribution is 2.33. The monoisotopic (exact) mass is 462 g/mol. The lowest BCUT2D eigenvalue weighted by molar-refractivity contribution is 0.112. The topological polar surface area (TPSA) is 69.7 Å². The zero-order valence-electron chi connectivity index (χ0n) is 20.9. The van der Waals surface area contributed by atoms with Crippen LogP contribution in [0.3, 0.4) is 0 Å². The Morgan fingerprint density at radius 3 is 2.24 bits per heavy atom. The van der Waals surface area contributed by atoms with Crippen LogP contribution in [-0.4, -0.2) is 13.4 Å². The van der Waals surface area contributed by atoms with Crippen molar-refractivity contribution in [1.29, 1.82) is 0 Å². The number of methoxy groups -OCH3 is 1. The van der Waals surface area contributed by atoms with Crippen molar-refractivity contribution in [3.05, 3.63) is 76.6 Å². The molecule has 180 valence electrons. The molecule has 0 unspecified atom stereocenters. The third-order valence-corrected chi connectivity index (χ3v) is 5.52. The summed E-state index contributed by atoms with van der Waals surface area (Å²) in [6, 6.07) is 17.4. The molecule has 0 bridgehead atoms. The number of benzene rings is 2. The van der Waals surface area contributed by atoms with Crippen LogP contribution in [-0.2, 0) is 0 Å². The summed E-state index contributed by atoms with van der Waals surface area (Å²) in [5.41, 5.74) is 1.94. The largest absolute Gasteiger partial charge is 0.497 e. The van der Waals surface area contributed by atoms with E-state index in [1.807, 2.05) is 32.0 Å². The maximum absolute atomic E-state index is 11.9. The van der Waals surface area contributed by atoms with Crippen molar-refractivity contribution in [1.82, 2.24) is 0 Å². The number of fused-ring (bicyclic) bond motifs is 1. The first kappa shape index (κ1) is 26.7. The van der Waals surface area contributed by atoms with Gasteiger partial charge >= 0.3 is 5.63 Å². The van der Waals surface area contributed by atoms with Crippen molar-refractivity contribution in [2.45, 2.75) is 47.5 Å². The Labute approximate surface area is 201 Å². The van der Waals surface area contributed by atoms with E-state index in [9.17, 15) is 9.59 Å². The van der Waals surface area contributed by atoms with E-state index in [-0.39, 0.29) is 0 Å². The third-order valence-electron chi connectivity index (χ3n) is 5.52. The number of furan rings is 1. The predicted molar refractivity (Wildman–Crippen MR) is 139 cm³/mol. The molecule has 4 rings (SSSR count). The molecule has 0 N–H and O–H groups in total. The van der Waals surface area contributed by atoms with Gasteiger partial charge in [0.05, 0.1) is 7.11 Å². The average molecular weight is 463 g/mol. The molecule has 0 saturated carbocycles. The third kappa shape index (κ3) is 6.70. The molecule has 0 aliphatic carbocycles. The number of carbonyl (C=O) groups is 1. The van der Waals surface area contributed by atoms with Gasteiger partial charge in [0.25, 0.3) is 0 Å². The summed E-state index contributed by atoms with van der Waals surface area (Å²) in [6.45, 7) is 10.7. The Bertz CT molecular complexity index is 1240. The highest BCUT2D eigenvalue weighted by molar-refractivity contribution is 5.92. The molecule has 0 spiro atoms. The van der Waals surface area contributed by atoms with Crippen molar-refractivity contribution in [3.8, 4) is 28.4 Å². The summed E-state index contributed by atoms with van der Waals surface area (Å²) in [5.74, 6) is 2.69. The SMILES string of the molecule is CC.CCC(C)CC.COc1ccc2c(-c3ccc(-c4cccc(C=O)c4)o3)cc(=O)oc2c1. The molecule has 0 aliphatic heterocycles. The minimum Gasteiger partial charge on any atom is -0.497 e. The van der Waals surface area contributed by atoms with Gasteiger partial charge in [-0.25, -0.2) is 4.79 Å². The quantitative estimate of drug-likeness (QED) is 0.214. The standard InChI is InChI=1S/C21H14O5.C6H14.C2H6/c1-24-15-5-6-16-17(11-21(23)26-20(16)10-15)19-8-7-18(25-19)14-4-2-3-13(9-14)12-22;1-4-6(3)5-2;1-2/h2-12H,1H3;6H,4-5H2,1-3H3;1-2H3. The van der Waals surface area contributed by atoms with Crippen molar-refractivity contribution in [3.63, 3.8) is 0 Å². The van der Waals surface area contributed by atoms with Gasteiger partial charge in [0.1, 0.15) is 29.1 Å². The fraction of sp³-hybridized carbons (Fsp3) is 0.310. The Hall–Kier alpha value is -3.60. The number of carbonyl (C=O) groups excluding carboxylic acids is 1. The van der Waals surface area contributed by atoms with Gasteiger partial charge in [-0.1, -0.05) is 65.7 Å². The first-order chi connectivity index (χ1) is 16.5. The van der Waals surface area contributed by atoms with E-state index in [0.717, 1.165) is 23.2 Å². The highest BCUT2D eigenvalue weighted by Gasteiger charge is 2.13. The molecule has 0 saturated heterocycles. The van der Waals surface area contributed by atoms with E-state index in [1.165, 1.54) is 18.9 Å². The van der Waals surface area contributed by atoms with Crippen LogP contribution >= 0.6 is 0 Å². The van der Waals surface area contributed by atoms with E-state index in [4.69, 9.17) is 13.6 Å². The minimum atomic E-state index is -0.471. The van der Waals surface area contributed by atoms with Crippen LogP contribution in [0.2, 0.25) is 0 Å². The fourth-order valence-corrected chi connectivity index (χ4v) is 3.17. The second-order valence-corrected chi connectivity index (χ2v) is 7.67. The summed E-state index contributed by atoms with van der Waals surface area (Å²) in [7, 11) is 1.55. The molecular formula is C29H34O5. The first-order valence-electron chi connectivity index (χ1n) is 11.8. The van der Waals surface area contributed by atoms with Gasteiger partial charge in [0, 0.05) is 34.2 Å². The lowest BCUT2D eigenvalue weighted by Crippen LogP contribution is -1.98. The van der Waals surface area contributed by atoms with E-state index >= 15 is 0 Å². The van der Waals surface area contributed by atoms with Crippen LogP contribution in [0.15, 0.2) is 74.3 Å². The Balaban J connectivity index is 0.000000447. The van der Waals surface area contributed by atoms with Crippen molar-refractivity contribution >= 4 is 17.3 Å². The molecule has 0 atom stereocenters. The average Bonchev–Trinajstić information content (AvgIpc) is 3.39. The van der Waals surface area contributed by atoms with E-state index < -0.39 is 5.63 Å². The molecule has 2 aromatic carbocycles. The van der Waals surface area contributed by atoms with Crippen LogP contribution in [0, 0.1) is 5.92 Å². The van der Waals surface area contributed by atoms with Gasteiger partial charge in [-0.05, 0) is 36.2 Å². The highest BCUT2D eigenvalue weighted by atomic mass is 16.5. The van der Waals surface area contributed by atoms with E-state index in [1.54, 1.807) is 43.5 Å². The molecule has 0 fully saturated rings. The second kappa shape index (κ2) is 13.2. The first-order valence-corrected chi connectivity index (χ1v) is 11.8. The fourth-order valence-electron chi connectivity index (χ4n) is 3.17. The summed E-state index contributed by atoms with van der Waals surface area (Å²) < 4.78 is 16.4. The maximum Gasteiger partial charge on any atom is 0.336 e. The second-order valence-electron chi connectivity index (χ2n) is 7.67. The molecular weight excluding hydrogens is 428 g/mol. The minimum absolute atomic E-state index is 0.424. The Morgan fingerprint density at radius 2 is 1.62 bits per heavy atom. The van der Waals surface area contributed by atoms with Gasteiger partial charge in [0.15, 0.2) is 0 Å². The van der Waals surface area contributed by atoms with E-state index in [0.29, 0.717) is 34.0 Å². The lowest BCUT2D eigenvalue weighted by Gasteiger charge is -2.05. The summed E-state index contributed by atoms with van der Waals surface area (Å²) in [5, 5.41) is 0.743. The molecule has 0 amide bonds. The van der Waals surface area contributed by atoms with Crippen LogP contribution in [0.4, 0.5) is 0 Å². The van der Waals surface area contributed by atoms with Crippen LogP contribution in [0.1, 0.15) is 57.8 Å². The van der Waals surface area contributed by atoms with Crippen molar-refractivity contribution in [2.75, 3.05) is 7.11 Å². The molecule has 2 aromatic heterocycles. The molecule has 4 aromatic rings. The molecule has 5 heteroatoms. The Morgan fingerprint density at radius 1 is 0.912 bits per heavy atom. The van der Waals surface area contributed by atoms with Gasteiger partial charge in [-0.3, -0.25) is 4.79 Å². The molecule has 34 heavy (non-hydrogen) atoms. The van der Waals surface area contributed by atoms with Gasteiger partial charge in [-0.15, -0.1) is 0 Å². The zero-order chi connectivity index (χ0) is 25.1. The normalized spacial score (nSPS) is 10.2. The van der Waals surface area contributed by atoms with Gasteiger partial charge < -0.3 is 13.6 Å².